The lowest BCUT2D eigenvalue weighted by molar-refractivity contribution is -0.296. The van der Waals surface area contributed by atoms with Crippen LogP contribution in [-0.4, -0.2) is 141 Å². The van der Waals surface area contributed by atoms with Gasteiger partial charge in [0.15, 0.2) is 17.7 Å². The summed E-state index contributed by atoms with van der Waals surface area (Å²) < 4.78 is 31.2. The predicted molar refractivity (Wildman–Crippen MR) is 192 cm³/mol. The van der Waals surface area contributed by atoms with E-state index in [4.69, 9.17) is 23.7 Å². The highest BCUT2D eigenvalue weighted by atomic mass is 16.7. The molecule has 3 saturated heterocycles. The Labute approximate surface area is 309 Å². The van der Waals surface area contributed by atoms with Crippen LogP contribution in [0.4, 0.5) is 4.79 Å². The summed E-state index contributed by atoms with van der Waals surface area (Å²) in [7, 11) is 5.28. The van der Waals surface area contributed by atoms with Crippen molar-refractivity contribution < 1.29 is 48.0 Å². The quantitative estimate of drug-likeness (QED) is 0.152. The molecular formula is C37H65N5O10. The number of likely N-dealkylation sites (N-methyl/N-ethyl adjacent to an activating group) is 1. The number of alkyl carbamates (subject to hydrolysis) is 1. The fourth-order valence-electron chi connectivity index (χ4n) is 8.29. The largest absolute Gasteiger partial charge is 0.457 e. The normalized spacial score (nSPS) is 40.9. The van der Waals surface area contributed by atoms with E-state index in [1.807, 2.05) is 46.7 Å². The highest BCUT2D eigenvalue weighted by Gasteiger charge is 2.57. The van der Waals surface area contributed by atoms with Crippen molar-refractivity contribution in [1.82, 2.24) is 26.2 Å². The first-order valence-corrected chi connectivity index (χ1v) is 19.2. The summed E-state index contributed by atoms with van der Waals surface area (Å²) in [5.74, 6) is -3.40. The van der Waals surface area contributed by atoms with E-state index in [-0.39, 0.29) is 37.0 Å². The lowest BCUT2D eigenvalue weighted by atomic mass is 9.78. The van der Waals surface area contributed by atoms with Gasteiger partial charge in [-0.05, 0) is 85.9 Å². The molecule has 52 heavy (non-hydrogen) atoms. The lowest BCUT2D eigenvalue weighted by Crippen LogP contribution is -2.61. The summed E-state index contributed by atoms with van der Waals surface area (Å²) in [5.41, 5.74) is -2.22. The highest BCUT2D eigenvalue weighted by Crippen LogP contribution is 2.39. The van der Waals surface area contributed by atoms with Gasteiger partial charge < -0.3 is 55.0 Å². The molecular weight excluding hydrogens is 674 g/mol. The Kier molecular flexibility index (Phi) is 14.5. The molecule has 0 spiro atoms. The SMILES string of the molecule is CC[C@H]1OC(=O)C(C)C(=O)[C@H](C)[C@@H](O[C@@H]2O[C@H](CNC(=O)CNC3CC3)CC(N(C)C)C2O)[C@](C)(OC)C[C@@H](C)CN[C@H](C)[C@H]2NC(=O)O[C@@]21CC. The second-order valence-corrected chi connectivity index (χ2v) is 16.0. The number of nitrogens with one attached hydrogen (secondary N) is 4. The minimum Gasteiger partial charge on any atom is -0.457 e. The van der Waals surface area contributed by atoms with Crippen LogP contribution < -0.4 is 21.3 Å². The Morgan fingerprint density at radius 3 is 2.40 bits per heavy atom. The minimum atomic E-state index is -1.19. The summed E-state index contributed by atoms with van der Waals surface area (Å²) in [4.78, 5) is 55.2. The third-order valence-corrected chi connectivity index (χ3v) is 11.7. The third kappa shape index (κ3) is 9.63. The van der Waals surface area contributed by atoms with Crippen molar-refractivity contribution in [1.29, 1.82) is 0 Å². The molecule has 4 aliphatic rings. The number of amides is 2. The Hall–Kier alpha value is -2.40. The van der Waals surface area contributed by atoms with E-state index >= 15 is 0 Å². The molecule has 15 nitrogen and oxygen atoms in total. The van der Waals surface area contributed by atoms with Gasteiger partial charge in [0, 0.05) is 37.7 Å². The number of ether oxygens (including phenoxy) is 5. The molecule has 15 heteroatoms. The summed E-state index contributed by atoms with van der Waals surface area (Å²) in [6, 6.07) is -0.738. The van der Waals surface area contributed by atoms with Crippen molar-refractivity contribution in [2.45, 2.75) is 153 Å². The zero-order valence-electron chi connectivity index (χ0n) is 32.9. The van der Waals surface area contributed by atoms with Crippen molar-refractivity contribution in [3.8, 4) is 0 Å². The molecule has 2 amide bonds. The molecule has 3 unspecified atom stereocenters. The van der Waals surface area contributed by atoms with Crippen LogP contribution >= 0.6 is 0 Å². The van der Waals surface area contributed by atoms with Crippen LogP contribution in [0.1, 0.15) is 87.0 Å². The first-order chi connectivity index (χ1) is 24.5. The number of esters is 1. The van der Waals surface area contributed by atoms with E-state index in [0.717, 1.165) is 12.8 Å². The number of Topliss-reactive ketones (excluding diaryl/α,β-unsaturated/α-hetero) is 1. The zero-order valence-corrected chi connectivity index (χ0v) is 32.9. The van der Waals surface area contributed by atoms with E-state index in [9.17, 15) is 24.3 Å². The molecule has 298 valence electrons. The van der Waals surface area contributed by atoms with Crippen LogP contribution in [0.25, 0.3) is 0 Å². The average molecular weight is 740 g/mol. The van der Waals surface area contributed by atoms with Crippen LogP contribution in [0.5, 0.6) is 0 Å². The first kappa shape index (κ1) is 42.3. The minimum absolute atomic E-state index is 0.0174. The van der Waals surface area contributed by atoms with Crippen LogP contribution in [0, 0.1) is 17.8 Å². The number of methoxy groups -OCH3 is 1. The number of hydrogen-bond donors (Lipinski definition) is 5. The molecule has 13 atom stereocenters. The second-order valence-electron chi connectivity index (χ2n) is 16.0. The van der Waals surface area contributed by atoms with E-state index in [2.05, 4.69) is 28.2 Å². The molecule has 0 bridgehead atoms. The van der Waals surface area contributed by atoms with Gasteiger partial charge in [0.1, 0.15) is 18.1 Å². The topological polar surface area (TPSA) is 186 Å². The molecule has 0 aromatic carbocycles. The number of fused-ring (bicyclic) bond motifs is 1. The second kappa shape index (κ2) is 17.8. The number of rotatable bonds is 11. The maximum atomic E-state index is 14.3. The van der Waals surface area contributed by atoms with Crippen LogP contribution in [-0.2, 0) is 38.1 Å². The summed E-state index contributed by atoms with van der Waals surface area (Å²) in [6.07, 6.45) is -1.32. The zero-order chi connectivity index (χ0) is 38.5. The van der Waals surface area contributed by atoms with Gasteiger partial charge in [0.05, 0.1) is 30.4 Å². The van der Waals surface area contributed by atoms with E-state index in [0.29, 0.717) is 38.3 Å². The van der Waals surface area contributed by atoms with E-state index in [1.54, 1.807) is 14.0 Å². The number of carbonyl (C=O) groups is 4. The van der Waals surface area contributed by atoms with Crippen molar-refractivity contribution in [3.63, 3.8) is 0 Å². The first-order valence-electron chi connectivity index (χ1n) is 19.2. The van der Waals surface area contributed by atoms with Gasteiger partial charge in [0.2, 0.25) is 5.91 Å². The molecule has 1 saturated carbocycles. The molecule has 4 rings (SSSR count). The van der Waals surface area contributed by atoms with Crippen molar-refractivity contribution in [2.24, 2.45) is 17.8 Å². The van der Waals surface area contributed by atoms with Gasteiger partial charge >= 0.3 is 12.1 Å². The smallest absolute Gasteiger partial charge is 0.408 e. The van der Waals surface area contributed by atoms with E-state index in [1.165, 1.54) is 6.92 Å². The number of nitrogens with zero attached hydrogens (tertiary/aromatic N) is 1. The number of aliphatic hydroxyl groups excluding tert-OH is 1. The molecule has 1 aliphatic carbocycles. The third-order valence-electron chi connectivity index (χ3n) is 11.7. The number of cyclic esters (lactones) is 1. The predicted octanol–water partition coefficient (Wildman–Crippen LogP) is 1.49. The van der Waals surface area contributed by atoms with Gasteiger partial charge in [-0.3, -0.25) is 14.4 Å². The molecule has 0 aromatic rings. The molecule has 0 radical (unpaired) electrons. The molecule has 3 heterocycles. The highest BCUT2D eigenvalue weighted by molar-refractivity contribution is 6.00. The van der Waals surface area contributed by atoms with Crippen LogP contribution in [0.3, 0.4) is 0 Å². The van der Waals surface area contributed by atoms with Crippen molar-refractivity contribution in [2.75, 3.05) is 40.8 Å². The Balaban J connectivity index is 1.64. The summed E-state index contributed by atoms with van der Waals surface area (Å²) >= 11 is 0. The summed E-state index contributed by atoms with van der Waals surface area (Å²) in [5, 5.41) is 24.3. The van der Waals surface area contributed by atoms with Gasteiger partial charge in [-0.2, -0.15) is 0 Å². The van der Waals surface area contributed by atoms with Gasteiger partial charge in [-0.15, -0.1) is 0 Å². The fourth-order valence-corrected chi connectivity index (χ4v) is 8.29. The maximum absolute atomic E-state index is 14.3. The Bertz CT molecular complexity index is 1250. The lowest BCUT2D eigenvalue weighted by Gasteiger charge is -2.47. The van der Waals surface area contributed by atoms with E-state index < -0.39 is 77.6 Å². The fraction of sp³-hybridized carbons (Fsp3) is 0.892. The van der Waals surface area contributed by atoms with Gasteiger partial charge in [0.25, 0.3) is 0 Å². The van der Waals surface area contributed by atoms with Gasteiger partial charge in [-0.25, -0.2) is 4.79 Å². The molecule has 3 aliphatic heterocycles. The average Bonchev–Trinajstić information content (AvgIpc) is 3.89. The summed E-state index contributed by atoms with van der Waals surface area (Å²) in [6.45, 7) is 13.8. The Morgan fingerprint density at radius 2 is 1.81 bits per heavy atom. The monoisotopic (exact) mass is 739 g/mol. The standard InChI is InChI=1S/C37H65N5O10/c1-11-27-37(12-2)31(41-35(47)52-37)23(6)38-17-20(3)16-36(7,48-10)32(21(4)29(44)22(5)33(46)50-27)51-34-30(45)26(42(8)9)15-25(49-34)18-40-28(43)19-39-24-13-14-24/h20-27,30-32,34,38-39,45H,11-19H2,1-10H3,(H,40,43)(H,41,47)/t20-,21+,22?,23-,25+,26?,27-,30?,31-,32-,34+,36-,37-/m1/s1. The molecule has 4 fully saturated rings. The molecule has 5 N–H and O–H groups in total. The number of ketones is 1. The van der Waals surface area contributed by atoms with Crippen LogP contribution in [0.15, 0.2) is 0 Å². The number of hydrogen-bond acceptors (Lipinski definition) is 13. The van der Waals surface area contributed by atoms with Crippen LogP contribution in [0.2, 0.25) is 0 Å². The van der Waals surface area contributed by atoms with Crippen molar-refractivity contribution >= 4 is 23.8 Å². The molecule has 0 aromatic heterocycles. The van der Waals surface area contributed by atoms with Crippen molar-refractivity contribution in [3.05, 3.63) is 0 Å². The number of aliphatic hydroxyl groups is 1. The van der Waals surface area contributed by atoms with Gasteiger partial charge in [-0.1, -0.05) is 27.7 Å². The Morgan fingerprint density at radius 1 is 1.12 bits per heavy atom. The maximum Gasteiger partial charge on any atom is 0.408 e. The number of carbonyl (C=O) groups excluding carboxylic acids is 4.